The van der Waals surface area contributed by atoms with Gasteiger partial charge >= 0.3 is 0 Å². The first-order valence-corrected chi connectivity index (χ1v) is 6.63. The first kappa shape index (κ1) is 16.4. The molecule has 0 spiro atoms. The number of nitrogens with two attached hydrogens (primary N) is 1. The maximum Gasteiger partial charge on any atom is 0.250 e. The van der Waals surface area contributed by atoms with E-state index in [-0.39, 0.29) is 29.7 Å². The Morgan fingerprint density at radius 2 is 1.95 bits per heavy atom. The van der Waals surface area contributed by atoms with Crippen LogP contribution < -0.4 is 15.8 Å². The summed E-state index contributed by atoms with van der Waals surface area (Å²) in [5, 5.41) is 2.73. The van der Waals surface area contributed by atoms with E-state index in [1.807, 2.05) is 20.8 Å². The highest BCUT2D eigenvalue weighted by molar-refractivity contribution is 7.80. The van der Waals surface area contributed by atoms with Gasteiger partial charge in [-0.05, 0) is 32.9 Å². The largest absolute Gasteiger partial charge is 0.484 e. The first-order valence-electron chi connectivity index (χ1n) is 6.22. The molecule has 0 saturated carbocycles. The van der Waals surface area contributed by atoms with Crippen molar-refractivity contribution >= 4 is 28.8 Å². The van der Waals surface area contributed by atoms with Crippen molar-refractivity contribution in [2.45, 2.75) is 26.4 Å². The Labute approximate surface area is 124 Å². The smallest absolute Gasteiger partial charge is 0.250 e. The van der Waals surface area contributed by atoms with Gasteiger partial charge in [0.2, 0.25) is 5.91 Å². The molecule has 0 aliphatic carbocycles. The van der Waals surface area contributed by atoms with E-state index in [1.165, 1.54) is 0 Å². The number of rotatable bonds is 6. The molecular weight excluding hydrogens is 276 g/mol. The molecule has 0 unspecified atom stereocenters. The Balaban J connectivity index is 2.62. The summed E-state index contributed by atoms with van der Waals surface area (Å²) in [7, 11) is 0. The van der Waals surface area contributed by atoms with E-state index in [1.54, 1.807) is 24.3 Å². The van der Waals surface area contributed by atoms with Crippen molar-refractivity contribution in [3.8, 4) is 5.75 Å². The van der Waals surface area contributed by atoms with E-state index < -0.39 is 0 Å². The molecule has 3 N–H and O–H groups in total. The van der Waals surface area contributed by atoms with Gasteiger partial charge in [-0.25, -0.2) is 0 Å². The summed E-state index contributed by atoms with van der Waals surface area (Å²) in [5.41, 5.74) is 5.59. The molecular formula is C14H20N2O3S. The van der Waals surface area contributed by atoms with Gasteiger partial charge in [0.15, 0.2) is 0 Å². The highest BCUT2D eigenvalue weighted by Crippen LogP contribution is 2.23. The third kappa shape index (κ3) is 6.49. The number of thiocarbonyl (C=S) groups is 1. The second-order valence-electron chi connectivity index (χ2n) is 5.20. The molecule has 20 heavy (non-hydrogen) atoms. The van der Waals surface area contributed by atoms with Crippen molar-refractivity contribution in [1.82, 2.24) is 0 Å². The first-order chi connectivity index (χ1) is 9.28. The third-order valence-corrected chi connectivity index (χ3v) is 2.29. The fourth-order valence-electron chi connectivity index (χ4n) is 1.31. The lowest BCUT2D eigenvalue weighted by atomic mass is 10.2. The van der Waals surface area contributed by atoms with Gasteiger partial charge in [-0.3, -0.25) is 4.79 Å². The van der Waals surface area contributed by atoms with Gasteiger partial charge in [0.25, 0.3) is 0 Å². The number of carbonyl (C=O) groups excluding carboxylic acids is 1. The molecule has 1 aromatic carbocycles. The quantitative estimate of drug-likeness (QED) is 0.787. The molecule has 1 rings (SSSR count). The fourth-order valence-corrected chi connectivity index (χ4v) is 1.37. The van der Waals surface area contributed by atoms with Crippen LogP contribution in [0.1, 0.15) is 20.8 Å². The van der Waals surface area contributed by atoms with Crippen LogP contribution in [-0.4, -0.2) is 29.7 Å². The van der Waals surface area contributed by atoms with Crippen LogP contribution in [0.3, 0.4) is 0 Å². The number of carbonyl (C=O) groups is 1. The predicted molar refractivity (Wildman–Crippen MR) is 83.1 cm³/mol. The predicted octanol–water partition coefficient (Wildman–Crippen LogP) is 2.11. The van der Waals surface area contributed by atoms with Crippen LogP contribution in [0.15, 0.2) is 24.3 Å². The van der Waals surface area contributed by atoms with Crippen LogP contribution >= 0.6 is 12.2 Å². The zero-order valence-corrected chi connectivity index (χ0v) is 12.8. The molecule has 0 saturated heterocycles. The van der Waals surface area contributed by atoms with E-state index in [0.717, 1.165) is 0 Å². The van der Waals surface area contributed by atoms with Crippen LogP contribution in [0.25, 0.3) is 0 Å². The maximum absolute atomic E-state index is 11.8. The lowest BCUT2D eigenvalue weighted by molar-refractivity contribution is -0.125. The SMILES string of the molecule is CC(C)(C)OCC(=O)Nc1ccccc1OCC(N)=S. The summed E-state index contributed by atoms with van der Waals surface area (Å²) >= 11 is 4.75. The molecule has 0 bridgehead atoms. The Morgan fingerprint density at radius 3 is 2.55 bits per heavy atom. The zero-order chi connectivity index (χ0) is 15.2. The van der Waals surface area contributed by atoms with Crippen molar-refractivity contribution in [3.05, 3.63) is 24.3 Å². The molecule has 1 aromatic rings. The minimum Gasteiger partial charge on any atom is -0.484 e. The van der Waals surface area contributed by atoms with E-state index in [4.69, 9.17) is 27.4 Å². The topological polar surface area (TPSA) is 73.6 Å². The number of hydrogen-bond acceptors (Lipinski definition) is 4. The van der Waals surface area contributed by atoms with Crippen LogP contribution in [-0.2, 0) is 9.53 Å². The van der Waals surface area contributed by atoms with Crippen molar-refractivity contribution < 1.29 is 14.3 Å². The molecule has 6 heteroatoms. The summed E-state index contributed by atoms with van der Waals surface area (Å²) in [6.07, 6.45) is 0. The normalized spacial score (nSPS) is 10.9. The summed E-state index contributed by atoms with van der Waals surface area (Å²) < 4.78 is 10.8. The minimum absolute atomic E-state index is 0.0207. The van der Waals surface area contributed by atoms with Crippen LogP contribution in [0.4, 0.5) is 5.69 Å². The van der Waals surface area contributed by atoms with E-state index in [9.17, 15) is 4.79 Å². The number of hydrogen-bond donors (Lipinski definition) is 2. The highest BCUT2D eigenvalue weighted by Gasteiger charge is 2.14. The zero-order valence-electron chi connectivity index (χ0n) is 11.9. The molecule has 5 nitrogen and oxygen atoms in total. The van der Waals surface area contributed by atoms with Gasteiger partial charge in [-0.15, -0.1) is 0 Å². The van der Waals surface area contributed by atoms with Gasteiger partial charge < -0.3 is 20.5 Å². The second-order valence-corrected chi connectivity index (χ2v) is 5.72. The van der Waals surface area contributed by atoms with Gasteiger partial charge in [-0.1, -0.05) is 24.4 Å². The minimum atomic E-state index is -0.362. The number of anilines is 1. The standard InChI is InChI=1S/C14H20N2O3S/c1-14(2,3)19-9-13(17)16-10-6-4-5-7-11(10)18-8-12(15)20/h4-7H,8-9H2,1-3H3,(H2,15,20)(H,16,17). The van der Waals surface area contributed by atoms with Crippen LogP contribution in [0.5, 0.6) is 5.75 Å². The average molecular weight is 296 g/mol. The average Bonchev–Trinajstić information content (AvgIpc) is 2.34. The molecule has 0 aliphatic heterocycles. The van der Waals surface area contributed by atoms with Crippen molar-refractivity contribution in [2.75, 3.05) is 18.5 Å². The van der Waals surface area contributed by atoms with Crippen molar-refractivity contribution in [2.24, 2.45) is 5.73 Å². The van der Waals surface area contributed by atoms with E-state index in [2.05, 4.69) is 5.32 Å². The molecule has 0 heterocycles. The summed E-state index contributed by atoms with van der Waals surface area (Å²) in [6, 6.07) is 7.08. The number of amides is 1. The summed E-state index contributed by atoms with van der Waals surface area (Å²) in [5.74, 6) is 0.274. The van der Waals surface area contributed by atoms with Gasteiger partial charge in [0, 0.05) is 0 Å². The molecule has 0 fully saturated rings. The Kier molecular flexibility index (Phi) is 5.91. The molecule has 0 aliphatic rings. The van der Waals surface area contributed by atoms with Crippen LogP contribution in [0, 0.1) is 0 Å². The molecule has 1 amide bonds. The highest BCUT2D eigenvalue weighted by atomic mass is 32.1. The number of ether oxygens (including phenoxy) is 2. The molecule has 110 valence electrons. The molecule has 0 aromatic heterocycles. The lowest BCUT2D eigenvalue weighted by Crippen LogP contribution is -2.27. The fraction of sp³-hybridized carbons (Fsp3) is 0.429. The van der Waals surface area contributed by atoms with Gasteiger partial charge in [-0.2, -0.15) is 0 Å². The monoisotopic (exact) mass is 296 g/mol. The van der Waals surface area contributed by atoms with E-state index >= 15 is 0 Å². The molecule has 0 radical (unpaired) electrons. The number of nitrogens with one attached hydrogen (secondary N) is 1. The van der Waals surface area contributed by atoms with E-state index in [0.29, 0.717) is 11.4 Å². The van der Waals surface area contributed by atoms with Crippen LogP contribution in [0.2, 0.25) is 0 Å². The number of para-hydroxylation sites is 2. The van der Waals surface area contributed by atoms with Gasteiger partial charge in [0.05, 0.1) is 11.3 Å². The maximum atomic E-state index is 11.8. The Bertz CT molecular complexity index is 484. The Morgan fingerprint density at radius 1 is 1.30 bits per heavy atom. The Hall–Kier alpha value is -1.66. The third-order valence-electron chi connectivity index (χ3n) is 2.17. The summed E-state index contributed by atoms with van der Waals surface area (Å²) in [4.78, 5) is 12.1. The lowest BCUT2D eigenvalue weighted by Gasteiger charge is -2.19. The van der Waals surface area contributed by atoms with Gasteiger partial charge in [0.1, 0.15) is 24.0 Å². The molecule has 0 atom stereocenters. The second kappa shape index (κ2) is 7.21. The van der Waals surface area contributed by atoms with Crippen molar-refractivity contribution in [1.29, 1.82) is 0 Å². The number of benzene rings is 1. The van der Waals surface area contributed by atoms with Crippen molar-refractivity contribution in [3.63, 3.8) is 0 Å². The summed E-state index contributed by atoms with van der Waals surface area (Å²) in [6.45, 7) is 5.77.